The van der Waals surface area contributed by atoms with Crippen molar-refractivity contribution in [3.05, 3.63) is 30.2 Å². The lowest BCUT2D eigenvalue weighted by Crippen LogP contribution is -2.39. The number of imidazole rings is 2. The molecule has 3 heterocycles. The molecular formula is C17H27N5O2S. The lowest BCUT2D eigenvalue weighted by Gasteiger charge is -2.30. The third-order valence-corrected chi connectivity index (χ3v) is 6.70. The molecule has 1 aliphatic heterocycles. The van der Waals surface area contributed by atoms with Crippen molar-refractivity contribution in [3.63, 3.8) is 0 Å². The van der Waals surface area contributed by atoms with Gasteiger partial charge in [0, 0.05) is 51.2 Å². The minimum atomic E-state index is -3.47. The van der Waals surface area contributed by atoms with Crippen LogP contribution in [-0.2, 0) is 30.0 Å². The zero-order valence-electron chi connectivity index (χ0n) is 15.2. The molecule has 0 N–H and O–H groups in total. The fraction of sp³-hybridized carbons (Fsp3) is 0.647. The van der Waals surface area contributed by atoms with Crippen molar-refractivity contribution in [1.29, 1.82) is 0 Å². The van der Waals surface area contributed by atoms with Gasteiger partial charge in [0.2, 0.25) is 0 Å². The maximum atomic E-state index is 12.6. The molecule has 25 heavy (non-hydrogen) atoms. The zero-order valence-corrected chi connectivity index (χ0v) is 16.0. The van der Waals surface area contributed by atoms with Crippen LogP contribution in [-0.4, -0.2) is 44.9 Å². The van der Waals surface area contributed by atoms with Gasteiger partial charge in [-0.05, 0) is 32.1 Å². The minimum absolute atomic E-state index is 0.141. The summed E-state index contributed by atoms with van der Waals surface area (Å²) in [5.41, 5.74) is 1.20. The summed E-state index contributed by atoms with van der Waals surface area (Å²) in [6.07, 6.45) is 8.76. The Morgan fingerprint density at radius 2 is 1.96 bits per heavy atom. The number of sulfonamides is 1. The van der Waals surface area contributed by atoms with Crippen molar-refractivity contribution in [3.8, 4) is 0 Å². The first-order chi connectivity index (χ1) is 11.9. The van der Waals surface area contributed by atoms with Gasteiger partial charge in [-0.25, -0.2) is 18.4 Å². The van der Waals surface area contributed by atoms with E-state index in [0.29, 0.717) is 19.0 Å². The van der Waals surface area contributed by atoms with E-state index >= 15 is 0 Å². The monoisotopic (exact) mass is 365 g/mol. The lowest BCUT2D eigenvalue weighted by molar-refractivity contribution is 0.268. The van der Waals surface area contributed by atoms with Crippen molar-refractivity contribution >= 4 is 10.0 Å². The van der Waals surface area contributed by atoms with Crippen LogP contribution in [0.5, 0.6) is 0 Å². The van der Waals surface area contributed by atoms with Gasteiger partial charge in [-0.2, -0.15) is 4.31 Å². The molecular weight excluding hydrogens is 338 g/mol. The van der Waals surface area contributed by atoms with Crippen LogP contribution in [0.1, 0.15) is 37.7 Å². The first-order valence-corrected chi connectivity index (χ1v) is 10.3. The predicted octanol–water partition coefficient (Wildman–Crippen LogP) is 1.98. The lowest BCUT2D eigenvalue weighted by atomic mass is 9.94. The van der Waals surface area contributed by atoms with E-state index in [2.05, 4.69) is 28.4 Å². The van der Waals surface area contributed by atoms with Gasteiger partial charge in [0.05, 0.1) is 6.33 Å². The van der Waals surface area contributed by atoms with Crippen molar-refractivity contribution in [2.45, 2.75) is 51.1 Å². The van der Waals surface area contributed by atoms with Gasteiger partial charge in [0.25, 0.3) is 10.0 Å². The van der Waals surface area contributed by atoms with E-state index in [1.165, 1.54) is 12.0 Å². The normalized spacial score (nSPS) is 17.2. The van der Waals surface area contributed by atoms with Crippen LogP contribution in [0.4, 0.5) is 0 Å². The van der Waals surface area contributed by atoms with E-state index in [1.54, 1.807) is 22.1 Å². The SMILES string of the molecule is CCCn1c(C)cnc1CC1CCN(S(=O)(=O)c2cn(C)cn2)CC1. The van der Waals surface area contributed by atoms with Gasteiger partial charge >= 0.3 is 0 Å². The molecule has 1 saturated heterocycles. The minimum Gasteiger partial charge on any atom is -0.339 e. The number of nitrogens with zero attached hydrogens (tertiary/aromatic N) is 5. The number of hydrogen-bond acceptors (Lipinski definition) is 4. The van der Waals surface area contributed by atoms with Crippen molar-refractivity contribution < 1.29 is 8.42 Å². The number of piperidine rings is 1. The Morgan fingerprint density at radius 1 is 1.24 bits per heavy atom. The molecule has 3 rings (SSSR count). The van der Waals surface area contributed by atoms with E-state index < -0.39 is 10.0 Å². The van der Waals surface area contributed by atoms with Crippen LogP contribution >= 0.6 is 0 Å². The smallest absolute Gasteiger partial charge is 0.262 e. The third-order valence-electron chi connectivity index (χ3n) is 4.92. The van der Waals surface area contributed by atoms with Crippen LogP contribution < -0.4 is 0 Å². The van der Waals surface area contributed by atoms with E-state index in [9.17, 15) is 8.42 Å². The number of rotatable bonds is 6. The fourth-order valence-electron chi connectivity index (χ4n) is 3.47. The zero-order chi connectivity index (χ0) is 18.0. The van der Waals surface area contributed by atoms with Gasteiger partial charge < -0.3 is 9.13 Å². The van der Waals surface area contributed by atoms with E-state index in [-0.39, 0.29) is 5.03 Å². The Balaban J connectivity index is 1.62. The topological polar surface area (TPSA) is 73.0 Å². The van der Waals surface area contributed by atoms with Gasteiger partial charge in [0.1, 0.15) is 5.82 Å². The third kappa shape index (κ3) is 3.79. The van der Waals surface area contributed by atoms with Crippen LogP contribution in [0, 0.1) is 12.8 Å². The quantitative estimate of drug-likeness (QED) is 0.785. The molecule has 0 unspecified atom stereocenters. The summed E-state index contributed by atoms with van der Waals surface area (Å²) < 4.78 is 30.8. The Labute approximate surface area is 149 Å². The Kier molecular flexibility index (Phi) is 5.29. The molecule has 0 aliphatic carbocycles. The Morgan fingerprint density at radius 3 is 2.56 bits per heavy atom. The molecule has 2 aromatic rings. The van der Waals surface area contributed by atoms with E-state index in [0.717, 1.165) is 38.1 Å². The van der Waals surface area contributed by atoms with Crippen LogP contribution in [0.25, 0.3) is 0 Å². The highest BCUT2D eigenvalue weighted by molar-refractivity contribution is 7.89. The summed E-state index contributed by atoms with van der Waals surface area (Å²) in [6, 6.07) is 0. The second-order valence-electron chi connectivity index (χ2n) is 6.90. The highest BCUT2D eigenvalue weighted by Crippen LogP contribution is 2.25. The summed E-state index contributed by atoms with van der Waals surface area (Å²) in [5, 5.41) is 0.141. The molecule has 7 nitrogen and oxygen atoms in total. The molecule has 8 heteroatoms. The summed E-state index contributed by atoms with van der Waals surface area (Å²) >= 11 is 0. The molecule has 0 saturated carbocycles. The number of aromatic nitrogens is 4. The molecule has 1 fully saturated rings. The van der Waals surface area contributed by atoms with Crippen LogP contribution in [0.3, 0.4) is 0 Å². The van der Waals surface area contributed by atoms with E-state index in [4.69, 9.17) is 0 Å². The molecule has 0 bridgehead atoms. The summed E-state index contributed by atoms with van der Waals surface area (Å²) in [6.45, 7) is 6.36. The summed E-state index contributed by atoms with van der Waals surface area (Å²) in [5.74, 6) is 1.61. The molecule has 1 aliphatic rings. The average molecular weight is 366 g/mol. The summed E-state index contributed by atoms with van der Waals surface area (Å²) in [7, 11) is -1.69. The molecule has 138 valence electrons. The first kappa shape index (κ1) is 18.1. The predicted molar refractivity (Wildman–Crippen MR) is 95.6 cm³/mol. The van der Waals surface area contributed by atoms with Gasteiger partial charge in [-0.15, -0.1) is 0 Å². The van der Waals surface area contributed by atoms with Gasteiger partial charge in [-0.3, -0.25) is 0 Å². The van der Waals surface area contributed by atoms with Gasteiger partial charge in [0.15, 0.2) is 5.03 Å². The fourth-order valence-corrected chi connectivity index (χ4v) is 4.90. The van der Waals surface area contributed by atoms with Crippen molar-refractivity contribution in [2.75, 3.05) is 13.1 Å². The summed E-state index contributed by atoms with van der Waals surface area (Å²) in [4.78, 5) is 8.57. The number of hydrogen-bond donors (Lipinski definition) is 0. The maximum Gasteiger partial charge on any atom is 0.262 e. The molecule has 0 radical (unpaired) electrons. The van der Waals surface area contributed by atoms with Gasteiger partial charge in [-0.1, -0.05) is 6.92 Å². The molecule has 0 spiro atoms. The highest BCUT2D eigenvalue weighted by Gasteiger charge is 2.31. The van der Waals surface area contributed by atoms with Crippen molar-refractivity contribution in [2.24, 2.45) is 13.0 Å². The highest BCUT2D eigenvalue weighted by atomic mass is 32.2. The van der Waals surface area contributed by atoms with Crippen LogP contribution in [0.15, 0.2) is 23.7 Å². The molecule has 0 amide bonds. The molecule has 0 atom stereocenters. The van der Waals surface area contributed by atoms with E-state index in [1.807, 2.05) is 6.20 Å². The first-order valence-electron chi connectivity index (χ1n) is 8.91. The second-order valence-corrected chi connectivity index (χ2v) is 8.78. The molecule has 0 aromatic carbocycles. The Bertz CT molecular complexity index is 816. The standard InChI is InChI=1S/C17H27N5O2S/c1-4-7-22-14(2)11-18-16(22)10-15-5-8-21(9-6-15)25(23,24)17-12-20(3)13-19-17/h11-13,15H,4-10H2,1-3H3. The largest absolute Gasteiger partial charge is 0.339 e. The second kappa shape index (κ2) is 7.29. The maximum absolute atomic E-state index is 12.6. The molecule has 2 aromatic heterocycles. The number of aryl methyl sites for hydroxylation is 2. The average Bonchev–Trinajstić information content (AvgIpc) is 3.17. The van der Waals surface area contributed by atoms with Crippen molar-refractivity contribution in [1.82, 2.24) is 23.4 Å². The van der Waals surface area contributed by atoms with Crippen LogP contribution in [0.2, 0.25) is 0 Å². The Hall–Kier alpha value is -1.67.